The zero-order valence-corrected chi connectivity index (χ0v) is 19.8. The second-order valence-electron chi connectivity index (χ2n) is 9.75. The molecule has 0 unspecified atom stereocenters. The molecule has 0 aliphatic carbocycles. The molecule has 4 aromatic rings. The molecule has 4 rings (SSSR count). The van der Waals surface area contributed by atoms with Gasteiger partial charge in [0, 0.05) is 14.3 Å². The zero-order valence-electron chi connectivity index (χ0n) is 17.6. The maximum Gasteiger partial charge on any atom is 0.0595 e. The minimum Gasteiger partial charge on any atom is -0.308 e. The molecule has 0 atom stereocenters. The van der Waals surface area contributed by atoms with Crippen molar-refractivity contribution in [2.45, 2.75) is 52.4 Å². The Bertz CT molecular complexity index is 1110. The molecule has 28 heavy (non-hydrogen) atoms. The number of fused-ring (bicyclic) bond motifs is 3. The quantitative estimate of drug-likeness (QED) is 0.243. The first-order chi connectivity index (χ1) is 13.1. The summed E-state index contributed by atoms with van der Waals surface area (Å²) in [6, 6.07) is 22.6. The van der Waals surface area contributed by atoms with Crippen molar-refractivity contribution >= 4 is 44.4 Å². The lowest BCUT2D eigenvalue weighted by atomic mass is 9.85. The third kappa shape index (κ3) is 3.26. The fraction of sp³-hybridized carbons (Fsp3) is 0.308. The van der Waals surface area contributed by atoms with Gasteiger partial charge in [-0.2, -0.15) is 0 Å². The van der Waals surface area contributed by atoms with Crippen molar-refractivity contribution in [1.82, 2.24) is 4.57 Å². The van der Waals surface area contributed by atoms with Crippen LogP contribution in [0.3, 0.4) is 0 Å². The van der Waals surface area contributed by atoms with Gasteiger partial charge in [0.25, 0.3) is 0 Å². The summed E-state index contributed by atoms with van der Waals surface area (Å²) in [5.41, 5.74) is 6.81. The molecule has 0 aliphatic rings. The minimum absolute atomic E-state index is 0.130. The van der Waals surface area contributed by atoms with E-state index in [1.54, 1.807) is 0 Å². The molecule has 0 radical (unpaired) electrons. The van der Waals surface area contributed by atoms with Gasteiger partial charge in [-0.1, -0.05) is 65.8 Å². The summed E-state index contributed by atoms with van der Waals surface area (Å²) in [5, 5.41) is 2.68. The number of halogens is 1. The molecule has 0 saturated heterocycles. The van der Waals surface area contributed by atoms with Crippen molar-refractivity contribution < 1.29 is 0 Å². The van der Waals surface area contributed by atoms with Gasteiger partial charge in [-0.3, -0.25) is 0 Å². The molecule has 1 aromatic heterocycles. The Labute approximate surface area is 181 Å². The molecule has 0 fully saturated rings. The van der Waals surface area contributed by atoms with Gasteiger partial charge in [0.1, 0.15) is 0 Å². The third-order valence-corrected chi connectivity index (χ3v) is 6.50. The maximum atomic E-state index is 2.45. The Kier molecular flexibility index (Phi) is 4.61. The average Bonchev–Trinajstić information content (AvgIpc) is 2.94. The van der Waals surface area contributed by atoms with Gasteiger partial charge in [0.05, 0.1) is 16.7 Å². The molecule has 0 saturated carbocycles. The molecule has 1 nitrogen and oxygen atoms in total. The van der Waals surface area contributed by atoms with E-state index in [9.17, 15) is 0 Å². The standard InChI is InChI=1S/C26H28IN/c1-25(2,3)17-11-13-22-19(15-17)20-16-18(26(4,5)6)12-14-23(20)28(22)24-10-8-7-9-21(24)27/h7-16H,1-6H3. The number of aromatic nitrogens is 1. The summed E-state index contributed by atoms with van der Waals surface area (Å²) in [4.78, 5) is 0. The molecular weight excluding hydrogens is 453 g/mol. The van der Waals surface area contributed by atoms with Gasteiger partial charge >= 0.3 is 0 Å². The van der Waals surface area contributed by atoms with Crippen LogP contribution >= 0.6 is 22.6 Å². The number of hydrogen-bond acceptors (Lipinski definition) is 0. The monoisotopic (exact) mass is 481 g/mol. The lowest BCUT2D eigenvalue weighted by Gasteiger charge is -2.19. The van der Waals surface area contributed by atoms with Gasteiger partial charge in [-0.25, -0.2) is 0 Å². The van der Waals surface area contributed by atoms with Gasteiger partial charge in [-0.05, 0) is 80.9 Å². The van der Waals surface area contributed by atoms with Crippen molar-refractivity contribution in [1.29, 1.82) is 0 Å². The second kappa shape index (κ2) is 6.62. The highest BCUT2D eigenvalue weighted by Gasteiger charge is 2.21. The lowest BCUT2D eigenvalue weighted by Crippen LogP contribution is -2.10. The van der Waals surface area contributed by atoms with E-state index in [-0.39, 0.29) is 10.8 Å². The maximum absolute atomic E-state index is 2.45. The second-order valence-corrected chi connectivity index (χ2v) is 10.9. The van der Waals surface area contributed by atoms with Crippen molar-refractivity contribution in [3.05, 3.63) is 75.4 Å². The predicted octanol–water partition coefficient (Wildman–Crippen LogP) is 7.98. The van der Waals surface area contributed by atoms with Crippen molar-refractivity contribution in [3.63, 3.8) is 0 Å². The van der Waals surface area contributed by atoms with Crippen LogP contribution in [0.4, 0.5) is 0 Å². The van der Waals surface area contributed by atoms with Crippen LogP contribution < -0.4 is 0 Å². The highest BCUT2D eigenvalue weighted by Crippen LogP contribution is 2.38. The van der Waals surface area contributed by atoms with E-state index in [1.165, 1.54) is 42.2 Å². The smallest absolute Gasteiger partial charge is 0.0595 e. The van der Waals surface area contributed by atoms with E-state index >= 15 is 0 Å². The van der Waals surface area contributed by atoms with Crippen LogP contribution in [0.1, 0.15) is 52.7 Å². The molecule has 0 spiro atoms. The highest BCUT2D eigenvalue weighted by atomic mass is 127. The minimum atomic E-state index is 0.130. The van der Waals surface area contributed by atoms with Crippen LogP contribution in [-0.2, 0) is 10.8 Å². The number of para-hydroxylation sites is 1. The summed E-state index contributed by atoms with van der Waals surface area (Å²) < 4.78 is 3.68. The fourth-order valence-electron chi connectivity index (χ4n) is 3.85. The molecule has 0 N–H and O–H groups in total. The summed E-state index contributed by atoms with van der Waals surface area (Å²) >= 11 is 2.45. The number of hydrogen-bond donors (Lipinski definition) is 0. The van der Waals surface area contributed by atoms with Gasteiger partial charge in [0.2, 0.25) is 0 Å². The fourth-order valence-corrected chi connectivity index (χ4v) is 4.48. The first-order valence-electron chi connectivity index (χ1n) is 9.91. The number of rotatable bonds is 1. The molecule has 0 aliphatic heterocycles. The average molecular weight is 481 g/mol. The number of nitrogens with zero attached hydrogens (tertiary/aromatic N) is 1. The SMILES string of the molecule is CC(C)(C)c1ccc2c(c1)c1cc(C(C)(C)C)ccc1n2-c1ccccc1I. The van der Waals surface area contributed by atoms with Crippen molar-refractivity contribution in [3.8, 4) is 5.69 Å². The molecule has 3 aromatic carbocycles. The Morgan fingerprint density at radius 1 is 0.643 bits per heavy atom. The molecular formula is C26H28IN. The highest BCUT2D eigenvalue weighted by molar-refractivity contribution is 14.1. The summed E-state index contributed by atoms with van der Waals surface area (Å²) in [7, 11) is 0. The van der Waals surface area contributed by atoms with Gasteiger partial charge in [0.15, 0.2) is 0 Å². The predicted molar refractivity (Wildman–Crippen MR) is 131 cm³/mol. The Morgan fingerprint density at radius 2 is 1.11 bits per heavy atom. The Balaban J connectivity index is 2.15. The molecule has 2 heteroatoms. The van der Waals surface area contributed by atoms with E-state index in [2.05, 4.69) is 129 Å². The van der Waals surface area contributed by atoms with E-state index in [1.807, 2.05) is 0 Å². The van der Waals surface area contributed by atoms with Crippen molar-refractivity contribution in [2.24, 2.45) is 0 Å². The summed E-state index contributed by atoms with van der Waals surface area (Å²) in [6.45, 7) is 13.7. The first-order valence-corrected chi connectivity index (χ1v) is 11.0. The van der Waals surface area contributed by atoms with Gasteiger partial charge in [-0.15, -0.1) is 0 Å². The summed E-state index contributed by atoms with van der Waals surface area (Å²) in [6.07, 6.45) is 0. The normalized spacial score (nSPS) is 12.8. The number of benzene rings is 3. The Hall–Kier alpha value is -1.81. The van der Waals surface area contributed by atoms with E-state index in [0.717, 1.165) is 0 Å². The van der Waals surface area contributed by atoms with Crippen LogP contribution in [-0.4, -0.2) is 4.57 Å². The largest absolute Gasteiger partial charge is 0.308 e. The van der Waals surface area contributed by atoms with E-state index < -0.39 is 0 Å². The molecule has 0 amide bonds. The topological polar surface area (TPSA) is 4.93 Å². The third-order valence-electron chi connectivity index (χ3n) is 5.59. The van der Waals surface area contributed by atoms with E-state index in [4.69, 9.17) is 0 Å². The first kappa shape index (κ1) is 19.5. The van der Waals surface area contributed by atoms with Crippen LogP contribution in [0.25, 0.3) is 27.5 Å². The van der Waals surface area contributed by atoms with Gasteiger partial charge < -0.3 is 4.57 Å². The molecule has 1 heterocycles. The lowest BCUT2D eigenvalue weighted by molar-refractivity contribution is 0.590. The van der Waals surface area contributed by atoms with Crippen LogP contribution in [0.15, 0.2) is 60.7 Å². The summed E-state index contributed by atoms with van der Waals surface area (Å²) in [5.74, 6) is 0. The van der Waals surface area contributed by atoms with E-state index in [0.29, 0.717) is 0 Å². The van der Waals surface area contributed by atoms with Crippen LogP contribution in [0, 0.1) is 3.57 Å². The van der Waals surface area contributed by atoms with Crippen LogP contribution in [0.5, 0.6) is 0 Å². The Morgan fingerprint density at radius 3 is 1.54 bits per heavy atom. The molecule has 144 valence electrons. The van der Waals surface area contributed by atoms with Crippen LogP contribution in [0.2, 0.25) is 0 Å². The zero-order chi connectivity index (χ0) is 20.3. The molecule has 0 bridgehead atoms. The van der Waals surface area contributed by atoms with Crippen molar-refractivity contribution in [2.75, 3.05) is 0 Å².